The van der Waals surface area contributed by atoms with Crippen molar-refractivity contribution in [3.63, 3.8) is 0 Å². The van der Waals surface area contributed by atoms with Gasteiger partial charge in [-0.05, 0) is 17.7 Å². The summed E-state index contributed by atoms with van der Waals surface area (Å²) in [6.07, 6.45) is 0. The van der Waals surface area contributed by atoms with Crippen molar-refractivity contribution in [2.75, 3.05) is 13.2 Å². The first-order chi connectivity index (χ1) is 12.2. The molecule has 3 N–H and O–H groups in total. The number of rotatable bonds is 9. The second kappa shape index (κ2) is 10.1. The maximum atomic E-state index is 11.9. The number of benzene rings is 2. The first kappa shape index (κ1) is 18.4. The smallest absolute Gasteiger partial charge is 0.268 e. The van der Waals surface area contributed by atoms with Crippen LogP contribution in [0.1, 0.15) is 5.56 Å². The molecule has 0 fully saturated rings. The van der Waals surface area contributed by atoms with Crippen LogP contribution >= 0.6 is 0 Å². The maximum Gasteiger partial charge on any atom is 0.268 e. The van der Waals surface area contributed by atoms with Gasteiger partial charge in [0.05, 0.1) is 13.2 Å². The van der Waals surface area contributed by atoms with Crippen molar-refractivity contribution in [3.8, 4) is 5.75 Å². The number of nitrogens with one attached hydrogen (secondary N) is 2. The summed E-state index contributed by atoms with van der Waals surface area (Å²) in [5, 5.41) is 11.7. The molecule has 7 heteroatoms. The predicted molar refractivity (Wildman–Crippen MR) is 90.3 cm³/mol. The van der Waals surface area contributed by atoms with Crippen LogP contribution in [-0.2, 0) is 21.0 Å². The van der Waals surface area contributed by atoms with Gasteiger partial charge < -0.3 is 15.2 Å². The fourth-order valence-electron chi connectivity index (χ4n) is 1.93. The molecule has 0 aliphatic rings. The molecule has 0 aliphatic carbocycles. The number of carbonyl (C=O) groups excluding carboxylic acids is 2. The van der Waals surface area contributed by atoms with E-state index in [2.05, 4.69) is 10.8 Å². The molecule has 0 radical (unpaired) electrons. The first-order valence-electron chi connectivity index (χ1n) is 7.72. The summed E-state index contributed by atoms with van der Waals surface area (Å²) >= 11 is 0. The van der Waals surface area contributed by atoms with Gasteiger partial charge in [0.2, 0.25) is 0 Å². The Morgan fingerprint density at radius 2 is 1.64 bits per heavy atom. The fourth-order valence-corrected chi connectivity index (χ4v) is 1.93. The molecule has 0 aliphatic heterocycles. The molecule has 0 unspecified atom stereocenters. The number of aliphatic hydroxyl groups is 1. The average molecular weight is 344 g/mol. The number of hydrogen-bond acceptors (Lipinski definition) is 5. The van der Waals surface area contributed by atoms with E-state index in [1.165, 1.54) is 0 Å². The molecule has 25 heavy (non-hydrogen) atoms. The molecule has 0 saturated heterocycles. The summed E-state index contributed by atoms with van der Waals surface area (Å²) in [6.45, 7) is -0.647. The van der Waals surface area contributed by atoms with E-state index in [9.17, 15) is 14.7 Å². The third kappa shape index (κ3) is 6.62. The number of carbonyl (C=O) groups is 2. The van der Waals surface area contributed by atoms with Crippen LogP contribution in [0, 0.1) is 0 Å². The van der Waals surface area contributed by atoms with Crippen molar-refractivity contribution >= 4 is 11.8 Å². The zero-order valence-electron chi connectivity index (χ0n) is 13.6. The summed E-state index contributed by atoms with van der Waals surface area (Å²) in [7, 11) is 0. The molecule has 2 amide bonds. The number of ether oxygens (including phenoxy) is 1. The lowest BCUT2D eigenvalue weighted by atomic mass is 10.2. The van der Waals surface area contributed by atoms with Gasteiger partial charge in [0, 0.05) is 0 Å². The molecule has 132 valence electrons. The monoisotopic (exact) mass is 344 g/mol. The fraction of sp³-hybridized carbons (Fsp3) is 0.222. The Bertz CT molecular complexity index is 664. The molecule has 2 aromatic rings. The van der Waals surface area contributed by atoms with E-state index in [1.807, 2.05) is 36.4 Å². The highest BCUT2D eigenvalue weighted by Gasteiger charge is 2.20. The molecule has 7 nitrogen and oxygen atoms in total. The minimum absolute atomic E-state index is 0.176. The van der Waals surface area contributed by atoms with E-state index in [-0.39, 0.29) is 13.2 Å². The highest BCUT2D eigenvalue weighted by atomic mass is 16.7. The van der Waals surface area contributed by atoms with Gasteiger partial charge in [0.25, 0.3) is 11.8 Å². The Morgan fingerprint density at radius 3 is 2.28 bits per heavy atom. The predicted octanol–water partition coefficient (Wildman–Crippen LogP) is 0.790. The highest BCUT2D eigenvalue weighted by molar-refractivity contribution is 5.87. The van der Waals surface area contributed by atoms with Gasteiger partial charge in [-0.2, -0.15) is 0 Å². The number of aliphatic hydroxyl groups excluding tert-OH is 1. The summed E-state index contributed by atoms with van der Waals surface area (Å²) in [4.78, 5) is 28.8. The van der Waals surface area contributed by atoms with Crippen LogP contribution in [0.15, 0.2) is 60.7 Å². The van der Waals surface area contributed by atoms with Crippen LogP contribution in [0.25, 0.3) is 0 Å². The van der Waals surface area contributed by atoms with E-state index < -0.39 is 24.5 Å². The molecule has 0 saturated carbocycles. The van der Waals surface area contributed by atoms with E-state index >= 15 is 0 Å². The second-order valence-electron chi connectivity index (χ2n) is 5.14. The van der Waals surface area contributed by atoms with Gasteiger partial charge in [-0.1, -0.05) is 48.5 Å². The maximum absolute atomic E-state index is 11.9. The van der Waals surface area contributed by atoms with Crippen LogP contribution < -0.4 is 15.5 Å². The number of hydrogen-bond donors (Lipinski definition) is 3. The van der Waals surface area contributed by atoms with Crippen LogP contribution in [-0.4, -0.2) is 36.2 Å². The summed E-state index contributed by atoms with van der Waals surface area (Å²) in [6, 6.07) is 16.9. The SMILES string of the molecule is O=C(COc1ccccc1)N[C@@H](CO)C(=O)NOCc1ccccc1. The zero-order valence-corrected chi connectivity index (χ0v) is 13.6. The van der Waals surface area contributed by atoms with Gasteiger partial charge in [-0.3, -0.25) is 14.4 Å². The minimum Gasteiger partial charge on any atom is -0.484 e. The molecule has 0 spiro atoms. The Morgan fingerprint density at radius 1 is 1.00 bits per heavy atom. The Balaban J connectivity index is 1.72. The lowest BCUT2D eigenvalue weighted by molar-refractivity contribution is -0.140. The summed E-state index contributed by atoms with van der Waals surface area (Å²) < 4.78 is 5.28. The quantitative estimate of drug-likeness (QED) is 0.585. The first-order valence-corrected chi connectivity index (χ1v) is 7.72. The topological polar surface area (TPSA) is 96.9 Å². The van der Waals surface area contributed by atoms with Crippen LogP contribution in [0.5, 0.6) is 5.75 Å². The molecular formula is C18H20N2O5. The molecular weight excluding hydrogens is 324 g/mol. The van der Waals surface area contributed by atoms with Crippen LogP contribution in [0.4, 0.5) is 0 Å². The Labute approximate surface area is 145 Å². The second-order valence-corrected chi connectivity index (χ2v) is 5.14. The van der Waals surface area contributed by atoms with E-state index in [0.717, 1.165) is 5.56 Å². The van der Waals surface area contributed by atoms with Crippen molar-refractivity contribution < 1.29 is 24.3 Å². The third-order valence-corrected chi connectivity index (χ3v) is 3.20. The van der Waals surface area contributed by atoms with Gasteiger partial charge in [0.1, 0.15) is 11.8 Å². The van der Waals surface area contributed by atoms with Crippen molar-refractivity contribution in [1.82, 2.24) is 10.8 Å². The Hall–Kier alpha value is -2.90. The molecule has 0 bridgehead atoms. The largest absolute Gasteiger partial charge is 0.484 e. The molecule has 2 rings (SSSR count). The summed E-state index contributed by atoms with van der Waals surface area (Å²) in [5.74, 6) is -0.638. The summed E-state index contributed by atoms with van der Waals surface area (Å²) in [5.41, 5.74) is 3.09. The van der Waals surface area contributed by atoms with Gasteiger partial charge in [0.15, 0.2) is 6.61 Å². The minimum atomic E-state index is -1.12. The van der Waals surface area contributed by atoms with Crippen molar-refractivity contribution in [1.29, 1.82) is 0 Å². The van der Waals surface area contributed by atoms with E-state index in [4.69, 9.17) is 9.57 Å². The van der Waals surface area contributed by atoms with Gasteiger partial charge in [-0.15, -0.1) is 0 Å². The standard InChI is InChI=1S/C18H20N2O5/c21-11-16(18(23)20-25-12-14-7-3-1-4-8-14)19-17(22)13-24-15-9-5-2-6-10-15/h1-10,16,21H,11-13H2,(H,19,22)(H,20,23)/t16-/m0/s1. The van der Waals surface area contributed by atoms with Crippen molar-refractivity contribution in [2.24, 2.45) is 0 Å². The number of amides is 2. The molecule has 0 heterocycles. The average Bonchev–Trinajstić information content (AvgIpc) is 2.66. The normalized spacial score (nSPS) is 11.4. The van der Waals surface area contributed by atoms with Crippen molar-refractivity contribution in [3.05, 3.63) is 66.2 Å². The Kier molecular flexibility index (Phi) is 7.42. The van der Waals surface area contributed by atoms with E-state index in [1.54, 1.807) is 24.3 Å². The van der Waals surface area contributed by atoms with Crippen LogP contribution in [0.3, 0.4) is 0 Å². The molecule has 2 aromatic carbocycles. The molecule has 1 atom stereocenters. The van der Waals surface area contributed by atoms with Gasteiger partial charge in [-0.25, -0.2) is 5.48 Å². The highest BCUT2D eigenvalue weighted by Crippen LogP contribution is 2.07. The lowest BCUT2D eigenvalue weighted by Crippen LogP contribution is -2.50. The number of para-hydroxylation sites is 1. The van der Waals surface area contributed by atoms with Gasteiger partial charge >= 0.3 is 0 Å². The number of hydroxylamine groups is 1. The zero-order chi connectivity index (χ0) is 17.9. The van der Waals surface area contributed by atoms with E-state index in [0.29, 0.717) is 5.75 Å². The van der Waals surface area contributed by atoms with Crippen molar-refractivity contribution in [2.45, 2.75) is 12.6 Å². The third-order valence-electron chi connectivity index (χ3n) is 3.20. The van der Waals surface area contributed by atoms with Crippen LogP contribution in [0.2, 0.25) is 0 Å². The lowest BCUT2D eigenvalue weighted by Gasteiger charge is -2.16. The molecule has 0 aromatic heterocycles.